The van der Waals surface area contributed by atoms with Crippen LogP contribution in [0.3, 0.4) is 0 Å². The average Bonchev–Trinajstić information content (AvgIpc) is 3.37. The maximum absolute atomic E-state index is 13.8. The third-order valence-electron chi connectivity index (χ3n) is 4.35. The van der Waals surface area contributed by atoms with Crippen molar-refractivity contribution in [3.05, 3.63) is 64.2 Å². The van der Waals surface area contributed by atoms with Gasteiger partial charge in [0, 0.05) is 11.5 Å². The number of halogens is 3. The number of amides is 1. The molecular weight excluding hydrogens is 400 g/mol. The molecule has 0 aliphatic heterocycles. The Morgan fingerprint density at radius 1 is 1.15 bits per heavy atom. The molecule has 0 saturated heterocycles. The van der Waals surface area contributed by atoms with E-state index in [0.717, 1.165) is 24.3 Å². The normalized spacial score (nSPS) is 18.8. The van der Waals surface area contributed by atoms with Crippen molar-refractivity contribution in [2.24, 2.45) is 5.92 Å². The van der Waals surface area contributed by atoms with Crippen molar-refractivity contribution in [1.82, 2.24) is 4.72 Å². The molecule has 1 aliphatic rings. The first-order chi connectivity index (χ1) is 12.6. The van der Waals surface area contributed by atoms with Crippen LogP contribution in [0.15, 0.2) is 41.3 Å². The van der Waals surface area contributed by atoms with Gasteiger partial charge in [0.2, 0.25) is 5.91 Å². The van der Waals surface area contributed by atoms with Gasteiger partial charge >= 0.3 is 0 Å². The van der Waals surface area contributed by atoms with Crippen LogP contribution in [0.5, 0.6) is 0 Å². The summed E-state index contributed by atoms with van der Waals surface area (Å²) in [5.41, 5.74) is 0.155. The van der Waals surface area contributed by atoms with Crippen LogP contribution in [0.4, 0.5) is 8.78 Å². The molecule has 0 unspecified atom stereocenters. The third-order valence-corrected chi connectivity index (χ3v) is 6.18. The lowest BCUT2D eigenvalue weighted by molar-refractivity contribution is -0.120. The number of Topliss-reactive ketones (excluding diaryl/α,β-unsaturated/α-hetero) is 1. The lowest BCUT2D eigenvalue weighted by Gasteiger charge is -2.10. The first kappa shape index (κ1) is 19.4. The van der Waals surface area contributed by atoms with E-state index in [9.17, 15) is 26.8 Å². The van der Waals surface area contributed by atoms with Crippen molar-refractivity contribution in [3.8, 4) is 0 Å². The van der Waals surface area contributed by atoms with Gasteiger partial charge in [0.15, 0.2) is 5.78 Å². The minimum absolute atomic E-state index is 0.0316. The first-order valence-electron chi connectivity index (χ1n) is 7.92. The topological polar surface area (TPSA) is 80.3 Å². The number of benzene rings is 2. The Balaban J connectivity index is 1.80. The van der Waals surface area contributed by atoms with Crippen molar-refractivity contribution < 1.29 is 26.8 Å². The fourth-order valence-corrected chi connectivity index (χ4v) is 4.37. The molecule has 1 aliphatic carbocycles. The SMILES string of the molecule is CC(=O)c1ccc(Cl)c(S(=O)(=O)NC(=O)[C@@H]2C[C@H]2c2cc(F)ccc2F)c1. The van der Waals surface area contributed by atoms with Crippen molar-refractivity contribution in [2.45, 2.75) is 24.2 Å². The van der Waals surface area contributed by atoms with Gasteiger partial charge in [-0.3, -0.25) is 9.59 Å². The molecule has 142 valence electrons. The number of nitrogens with one attached hydrogen (secondary N) is 1. The molecule has 0 spiro atoms. The van der Waals surface area contributed by atoms with Crippen LogP contribution in [-0.4, -0.2) is 20.1 Å². The highest BCUT2D eigenvalue weighted by Crippen LogP contribution is 2.48. The van der Waals surface area contributed by atoms with E-state index in [1.807, 2.05) is 4.72 Å². The first-order valence-corrected chi connectivity index (χ1v) is 9.78. The summed E-state index contributed by atoms with van der Waals surface area (Å²) in [5, 5.41) is -0.149. The highest BCUT2D eigenvalue weighted by atomic mass is 35.5. The second-order valence-electron chi connectivity index (χ2n) is 6.29. The summed E-state index contributed by atoms with van der Waals surface area (Å²) in [6.07, 6.45) is 0.197. The van der Waals surface area contributed by atoms with E-state index in [4.69, 9.17) is 11.6 Å². The van der Waals surface area contributed by atoms with Gasteiger partial charge in [0.25, 0.3) is 10.0 Å². The Kier molecular flexibility index (Phi) is 5.05. The van der Waals surface area contributed by atoms with E-state index in [1.54, 1.807) is 0 Å². The molecule has 0 heterocycles. The van der Waals surface area contributed by atoms with Crippen LogP contribution in [0.1, 0.15) is 35.2 Å². The van der Waals surface area contributed by atoms with Gasteiger partial charge < -0.3 is 0 Å². The molecular formula is C18H14ClF2NO4S. The monoisotopic (exact) mass is 413 g/mol. The van der Waals surface area contributed by atoms with Gasteiger partial charge in [-0.1, -0.05) is 11.6 Å². The highest BCUT2D eigenvalue weighted by molar-refractivity contribution is 7.90. The summed E-state index contributed by atoms with van der Waals surface area (Å²) < 4.78 is 53.9. The fraction of sp³-hybridized carbons (Fsp3) is 0.222. The van der Waals surface area contributed by atoms with Crippen molar-refractivity contribution in [2.75, 3.05) is 0 Å². The predicted molar refractivity (Wildman–Crippen MR) is 94.0 cm³/mol. The molecule has 0 aromatic heterocycles. The van der Waals surface area contributed by atoms with E-state index in [-0.39, 0.29) is 28.4 Å². The van der Waals surface area contributed by atoms with Gasteiger partial charge in [-0.05, 0) is 61.2 Å². The van der Waals surface area contributed by atoms with Gasteiger partial charge in [-0.2, -0.15) is 0 Å². The zero-order valence-corrected chi connectivity index (χ0v) is 15.6. The molecule has 27 heavy (non-hydrogen) atoms. The summed E-state index contributed by atoms with van der Waals surface area (Å²) >= 11 is 5.89. The Morgan fingerprint density at radius 3 is 2.52 bits per heavy atom. The second-order valence-corrected chi connectivity index (χ2v) is 8.34. The summed E-state index contributed by atoms with van der Waals surface area (Å²) in [7, 11) is -4.33. The van der Waals surface area contributed by atoms with Crippen molar-refractivity contribution in [1.29, 1.82) is 0 Å². The number of rotatable bonds is 5. The minimum Gasteiger partial charge on any atom is -0.295 e. The van der Waals surface area contributed by atoms with E-state index < -0.39 is 44.3 Å². The standard InChI is InChI=1S/C18H14ClF2NO4S/c1-9(23)10-2-4-15(19)17(6-10)27(25,26)22-18(24)14-8-12(14)13-7-11(20)3-5-16(13)21/h2-7,12,14H,8H2,1H3,(H,22,24)/t12-,14+/m0/s1. The zero-order chi connectivity index (χ0) is 19.9. The molecule has 5 nitrogen and oxygen atoms in total. The van der Waals surface area contributed by atoms with Crippen LogP contribution >= 0.6 is 11.6 Å². The Hall–Kier alpha value is -2.32. The van der Waals surface area contributed by atoms with Gasteiger partial charge in [0.05, 0.1) is 5.02 Å². The fourth-order valence-electron chi connectivity index (χ4n) is 2.82. The maximum atomic E-state index is 13.8. The van der Waals surface area contributed by atoms with Crippen LogP contribution in [-0.2, 0) is 14.8 Å². The average molecular weight is 414 g/mol. The van der Waals surface area contributed by atoms with E-state index >= 15 is 0 Å². The molecule has 9 heteroatoms. The smallest absolute Gasteiger partial charge is 0.265 e. The minimum atomic E-state index is -4.33. The number of sulfonamides is 1. The second kappa shape index (κ2) is 7.01. The van der Waals surface area contributed by atoms with Crippen molar-refractivity contribution in [3.63, 3.8) is 0 Å². The van der Waals surface area contributed by atoms with E-state index in [1.165, 1.54) is 19.1 Å². The number of ketones is 1. The van der Waals surface area contributed by atoms with Crippen LogP contribution in [0.2, 0.25) is 5.02 Å². The van der Waals surface area contributed by atoms with E-state index in [2.05, 4.69) is 0 Å². The quantitative estimate of drug-likeness (QED) is 0.761. The molecule has 0 bridgehead atoms. The van der Waals surface area contributed by atoms with Gasteiger partial charge in [0.1, 0.15) is 16.5 Å². The predicted octanol–water partition coefficient (Wildman–Crippen LogP) is 3.43. The van der Waals surface area contributed by atoms with Crippen LogP contribution < -0.4 is 4.72 Å². The molecule has 0 radical (unpaired) electrons. The molecule has 1 N–H and O–H groups in total. The molecule has 1 amide bonds. The summed E-state index contributed by atoms with van der Waals surface area (Å²) in [6, 6.07) is 6.62. The van der Waals surface area contributed by atoms with E-state index in [0.29, 0.717) is 0 Å². The highest BCUT2D eigenvalue weighted by Gasteiger charge is 2.46. The molecule has 2 aromatic rings. The maximum Gasteiger partial charge on any atom is 0.265 e. The van der Waals surface area contributed by atoms with Crippen LogP contribution in [0, 0.1) is 17.6 Å². The Labute approximate surface area is 159 Å². The number of carbonyl (C=O) groups excluding carboxylic acids is 2. The molecule has 2 atom stereocenters. The zero-order valence-electron chi connectivity index (χ0n) is 14.0. The molecule has 1 fully saturated rings. The lowest BCUT2D eigenvalue weighted by Crippen LogP contribution is -2.32. The Morgan fingerprint density at radius 2 is 1.85 bits per heavy atom. The summed E-state index contributed by atoms with van der Waals surface area (Å²) in [5.74, 6) is -3.90. The third kappa shape index (κ3) is 4.01. The van der Waals surface area contributed by atoms with Gasteiger partial charge in [-0.15, -0.1) is 0 Å². The Bertz CT molecular complexity index is 1060. The number of hydrogen-bond donors (Lipinski definition) is 1. The van der Waals surface area contributed by atoms with Crippen LogP contribution in [0.25, 0.3) is 0 Å². The number of hydrogen-bond acceptors (Lipinski definition) is 4. The van der Waals surface area contributed by atoms with Crippen molar-refractivity contribution >= 4 is 33.3 Å². The molecule has 3 rings (SSSR count). The largest absolute Gasteiger partial charge is 0.295 e. The van der Waals surface area contributed by atoms with Gasteiger partial charge in [-0.25, -0.2) is 21.9 Å². The lowest BCUT2D eigenvalue weighted by atomic mass is 10.1. The molecule has 1 saturated carbocycles. The number of carbonyl (C=O) groups is 2. The molecule has 2 aromatic carbocycles. The summed E-state index contributed by atoms with van der Waals surface area (Å²) in [6.45, 7) is 1.26. The summed E-state index contributed by atoms with van der Waals surface area (Å²) in [4.78, 5) is 23.3.